The first-order chi connectivity index (χ1) is 11.1. The Balaban J connectivity index is 1.76. The highest BCUT2D eigenvalue weighted by molar-refractivity contribution is 5.92. The van der Waals surface area contributed by atoms with Crippen molar-refractivity contribution in [3.63, 3.8) is 0 Å². The molecular weight excluding hydrogens is 296 g/mol. The monoisotopic (exact) mass is 320 g/mol. The van der Waals surface area contributed by atoms with E-state index >= 15 is 0 Å². The van der Waals surface area contributed by atoms with Crippen LogP contribution in [0.5, 0.6) is 0 Å². The SMILES string of the molecule is CCCN1C(=O)C2CCC1CN(C(=O)c1ccc(COC)o1)C2. The van der Waals surface area contributed by atoms with Gasteiger partial charge in [0.05, 0.1) is 5.92 Å². The minimum atomic E-state index is -0.129. The lowest BCUT2D eigenvalue weighted by Gasteiger charge is -2.35. The van der Waals surface area contributed by atoms with Crippen LogP contribution in [0.2, 0.25) is 0 Å². The lowest BCUT2D eigenvalue weighted by Crippen LogP contribution is -2.48. The van der Waals surface area contributed by atoms with Crippen LogP contribution in [0.15, 0.2) is 16.5 Å². The average Bonchev–Trinajstić information content (AvgIpc) is 2.84. The molecule has 1 aromatic rings. The maximum atomic E-state index is 12.7. The summed E-state index contributed by atoms with van der Waals surface area (Å²) in [7, 11) is 1.59. The van der Waals surface area contributed by atoms with Gasteiger partial charge in [-0.15, -0.1) is 0 Å². The van der Waals surface area contributed by atoms with E-state index in [4.69, 9.17) is 9.15 Å². The van der Waals surface area contributed by atoms with Crippen LogP contribution in [0.1, 0.15) is 42.5 Å². The summed E-state index contributed by atoms with van der Waals surface area (Å²) < 4.78 is 10.6. The fourth-order valence-corrected chi connectivity index (χ4v) is 3.61. The zero-order chi connectivity index (χ0) is 16.4. The van der Waals surface area contributed by atoms with Gasteiger partial charge in [-0.2, -0.15) is 0 Å². The van der Waals surface area contributed by atoms with E-state index < -0.39 is 0 Å². The first-order valence-corrected chi connectivity index (χ1v) is 8.31. The Morgan fingerprint density at radius 2 is 2.17 bits per heavy atom. The van der Waals surface area contributed by atoms with Crippen molar-refractivity contribution < 1.29 is 18.7 Å². The van der Waals surface area contributed by atoms with Crippen LogP contribution >= 0.6 is 0 Å². The van der Waals surface area contributed by atoms with Crippen molar-refractivity contribution in [3.05, 3.63) is 23.7 Å². The van der Waals surface area contributed by atoms with Gasteiger partial charge in [0.25, 0.3) is 5.91 Å². The molecule has 0 radical (unpaired) electrons. The molecule has 2 unspecified atom stereocenters. The Morgan fingerprint density at radius 3 is 2.91 bits per heavy atom. The van der Waals surface area contributed by atoms with Crippen molar-refractivity contribution in [3.8, 4) is 0 Å². The summed E-state index contributed by atoms with van der Waals surface area (Å²) >= 11 is 0. The zero-order valence-corrected chi connectivity index (χ0v) is 13.8. The molecule has 3 aliphatic heterocycles. The Kier molecular flexibility index (Phi) is 4.71. The molecule has 4 heterocycles. The highest BCUT2D eigenvalue weighted by Crippen LogP contribution is 2.30. The number of ether oxygens (including phenoxy) is 1. The first kappa shape index (κ1) is 16.1. The quantitative estimate of drug-likeness (QED) is 0.831. The predicted octanol–water partition coefficient (Wildman–Crippen LogP) is 1.90. The van der Waals surface area contributed by atoms with E-state index in [0.29, 0.717) is 31.2 Å². The fourth-order valence-electron chi connectivity index (χ4n) is 3.61. The second-order valence-electron chi connectivity index (χ2n) is 6.37. The van der Waals surface area contributed by atoms with Gasteiger partial charge in [0, 0.05) is 32.8 Å². The van der Waals surface area contributed by atoms with E-state index in [-0.39, 0.29) is 23.8 Å². The number of hydrogen-bond donors (Lipinski definition) is 0. The highest BCUT2D eigenvalue weighted by Gasteiger charge is 2.41. The van der Waals surface area contributed by atoms with Gasteiger partial charge in [0.2, 0.25) is 5.91 Å². The summed E-state index contributed by atoms with van der Waals surface area (Å²) in [4.78, 5) is 29.0. The van der Waals surface area contributed by atoms with Gasteiger partial charge in [-0.3, -0.25) is 9.59 Å². The molecule has 3 fully saturated rings. The number of hydrogen-bond acceptors (Lipinski definition) is 4. The van der Waals surface area contributed by atoms with Gasteiger partial charge in [0.1, 0.15) is 12.4 Å². The second kappa shape index (κ2) is 6.74. The molecular formula is C17H24N2O4. The molecule has 23 heavy (non-hydrogen) atoms. The van der Waals surface area contributed by atoms with Crippen molar-refractivity contribution in [1.82, 2.24) is 9.80 Å². The predicted molar refractivity (Wildman–Crippen MR) is 83.8 cm³/mol. The first-order valence-electron chi connectivity index (χ1n) is 8.31. The van der Waals surface area contributed by atoms with Gasteiger partial charge in [-0.05, 0) is 31.4 Å². The summed E-state index contributed by atoms with van der Waals surface area (Å²) in [5, 5.41) is 0. The molecule has 2 atom stereocenters. The number of amides is 2. The summed E-state index contributed by atoms with van der Waals surface area (Å²) in [6.45, 7) is 4.30. The third-order valence-electron chi connectivity index (χ3n) is 4.70. The van der Waals surface area contributed by atoms with Crippen LogP contribution in [0.4, 0.5) is 0 Å². The minimum absolute atomic E-state index is 0.0716. The Morgan fingerprint density at radius 1 is 1.35 bits per heavy atom. The summed E-state index contributed by atoms with van der Waals surface area (Å²) in [5.74, 6) is 0.969. The minimum Gasteiger partial charge on any atom is -0.453 e. The van der Waals surface area contributed by atoms with Crippen molar-refractivity contribution in [2.45, 2.75) is 38.8 Å². The standard InChI is InChI=1S/C17H24N2O4/c1-3-8-19-13-5-4-12(16(19)20)9-18(10-13)17(21)15-7-6-14(23-15)11-22-2/h6-7,12-13H,3-5,8-11H2,1-2H3. The van der Waals surface area contributed by atoms with Crippen LogP contribution in [0, 0.1) is 5.92 Å². The third kappa shape index (κ3) is 3.13. The van der Waals surface area contributed by atoms with E-state index in [1.165, 1.54) is 0 Å². The van der Waals surface area contributed by atoms with Gasteiger partial charge >= 0.3 is 0 Å². The van der Waals surface area contributed by atoms with Crippen molar-refractivity contribution in [2.75, 3.05) is 26.7 Å². The lowest BCUT2D eigenvalue weighted by molar-refractivity contribution is -0.139. The maximum absolute atomic E-state index is 12.7. The molecule has 6 heteroatoms. The number of furan rings is 1. The zero-order valence-electron chi connectivity index (χ0n) is 13.8. The van der Waals surface area contributed by atoms with E-state index in [0.717, 1.165) is 25.8 Å². The topological polar surface area (TPSA) is 63.0 Å². The molecule has 2 bridgehead atoms. The third-order valence-corrected chi connectivity index (χ3v) is 4.70. The normalized spacial score (nSPS) is 24.2. The number of methoxy groups -OCH3 is 1. The van der Waals surface area contributed by atoms with Gasteiger partial charge < -0.3 is 19.0 Å². The van der Waals surface area contributed by atoms with Crippen molar-refractivity contribution >= 4 is 11.8 Å². The molecule has 3 aliphatic rings. The number of fused-ring (bicyclic) bond motifs is 4. The molecule has 0 aromatic carbocycles. The number of nitrogens with zero attached hydrogens (tertiary/aromatic N) is 2. The lowest BCUT2D eigenvalue weighted by atomic mass is 9.94. The molecule has 0 saturated carbocycles. The Bertz CT molecular complexity index is 583. The fraction of sp³-hybridized carbons (Fsp3) is 0.647. The average molecular weight is 320 g/mol. The van der Waals surface area contributed by atoms with E-state index in [2.05, 4.69) is 6.92 Å². The number of carbonyl (C=O) groups is 2. The largest absolute Gasteiger partial charge is 0.453 e. The summed E-state index contributed by atoms with van der Waals surface area (Å²) in [6, 6.07) is 3.59. The van der Waals surface area contributed by atoms with Gasteiger partial charge in [-0.1, -0.05) is 6.92 Å². The maximum Gasteiger partial charge on any atom is 0.289 e. The molecule has 2 amide bonds. The van der Waals surface area contributed by atoms with Crippen LogP contribution in [0.25, 0.3) is 0 Å². The van der Waals surface area contributed by atoms with Gasteiger partial charge in [0.15, 0.2) is 5.76 Å². The highest BCUT2D eigenvalue weighted by atomic mass is 16.5. The van der Waals surface area contributed by atoms with E-state index in [9.17, 15) is 9.59 Å². The number of piperidine rings is 1. The van der Waals surface area contributed by atoms with Crippen LogP contribution in [-0.4, -0.2) is 54.4 Å². The molecule has 0 N–H and O–H groups in total. The van der Waals surface area contributed by atoms with E-state index in [1.54, 1.807) is 24.1 Å². The molecule has 6 nitrogen and oxygen atoms in total. The summed E-state index contributed by atoms with van der Waals surface area (Å²) in [5.41, 5.74) is 0. The van der Waals surface area contributed by atoms with Crippen LogP contribution < -0.4 is 0 Å². The summed E-state index contributed by atoms with van der Waals surface area (Å²) in [6.07, 6.45) is 2.80. The molecule has 1 aromatic heterocycles. The molecule has 0 spiro atoms. The molecule has 126 valence electrons. The van der Waals surface area contributed by atoms with Crippen LogP contribution in [-0.2, 0) is 16.1 Å². The number of rotatable bonds is 5. The van der Waals surface area contributed by atoms with Crippen molar-refractivity contribution in [2.24, 2.45) is 5.92 Å². The van der Waals surface area contributed by atoms with Crippen LogP contribution in [0.3, 0.4) is 0 Å². The molecule has 3 saturated heterocycles. The Hall–Kier alpha value is -1.82. The smallest absolute Gasteiger partial charge is 0.289 e. The number of carbonyl (C=O) groups excluding carboxylic acids is 2. The van der Waals surface area contributed by atoms with Gasteiger partial charge in [-0.25, -0.2) is 0 Å². The Labute approximate surface area is 136 Å². The second-order valence-corrected chi connectivity index (χ2v) is 6.37. The van der Waals surface area contributed by atoms with Crippen molar-refractivity contribution in [1.29, 1.82) is 0 Å². The molecule has 4 rings (SSSR count). The molecule has 0 aliphatic carbocycles. The van der Waals surface area contributed by atoms with E-state index in [1.807, 2.05) is 4.90 Å².